The van der Waals surface area contributed by atoms with Crippen LogP contribution in [0.2, 0.25) is 0 Å². The Balaban J connectivity index is 2.03. The molecule has 0 saturated carbocycles. The van der Waals surface area contributed by atoms with Gasteiger partial charge in [-0.3, -0.25) is 0 Å². The molecular formula is C21H19NO2S2. The Kier molecular flexibility index (Phi) is 5.59. The number of hydrogen-bond acceptors (Lipinski definition) is 3. The van der Waals surface area contributed by atoms with Crippen molar-refractivity contribution < 1.29 is 8.42 Å². The Bertz CT molecular complexity index is 1010. The summed E-state index contributed by atoms with van der Waals surface area (Å²) in [6.45, 7) is 3.94. The van der Waals surface area contributed by atoms with Gasteiger partial charge in [0.2, 0.25) is 0 Å². The van der Waals surface area contributed by atoms with Crippen molar-refractivity contribution in [3.63, 3.8) is 0 Å². The zero-order valence-corrected chi connectivity index (χ0v) is 16.2. The number of benzene rings is 3. The Morgan fingerprint density at radius 2 is 1.31 bits per heavy atom. The summed E-state index contributed by atoms with van der Waals surface area (Å²) in [6, 6.07) is 24.0. The van der Waals surface area contributed by atoms with Crippen molar-refractivity contribution in [2.24, 2.45) is 4.40 Å². The van der Waals surface area contributed by atoms with Gasteiger partial charge in [-0.25, -0.2) is 0 Å². The smallest absolute Gasteiger partial charge is 0.199 e. The lowest BCUT2D eigenvalue weighted by molar-refractivity contribution is 0.598. The fourth-order valence-corrected chi connectivity index (χ4v) is 4.40. The molecule has 0 saturated heterocycles. The summed E-state index contributed by atoms with van der Waals surface area (Å²) in [5.41, 5.74) is 2.93. The molecule has 5 heteroatoms. The number of nitrogens with zero attached hydrogens (tertiary/aromatic N) is 1. The van der Waals surface area contributed by atoms with Crippen LogP contribution in [0.1, 0.15) is 16.7 Å². The molecule has 0 aromatic heterocycles. The number of rotatable bonds is 4. The SMILES string of the molecule is Cc1ccc(SC(=NS(=O)(=O)c2ccc(C)cc2)c2ccccc2)cc1. The van der Waals surface area contributed by atoms with E-state index < -0.39 is 10.0 Å². The second kappa shape index (κ2) is 7.89. The molecule has 0 heterocycles. The first kappa shape index (κ1) is 18.4. The predicted molar refractivity (Wildman–Crippen MR) is 108 cm³/mol. The lowest BCUT2D eigenvalue weighted by Crippen LogP contribution is -2.04. The third kappa shape index (κ3) is 4.62. The van der Waals surface area contributed by atoms with Gasteiger partial charge < -0.3 is 0 Å². The van der Waals surface area contributed by atoms with Crippen LogP contribution in [-0.2, 0) is 10.0 Å². The molecule has 0 atom stereocenters. The maximum Gasteiger partial charge on any atom is 0.283 e. The molecule has 0 amide bonds. The first-order valence-electron chi connectivity index (χ1n) is 8.16. The molecule has 3 rings (SSSR count). The molecule has 0 aliphatic heterocycles. The first-order chi connectivity index (χ1) is 12.4. The molecule has 3 aromatic rings. The van der Waals surface area contributed by atoms with Crippen LogP contribution in [0.25, 0.3) is 0 Å². The van der Waals surface area contributed by atoms with Crippen LogP contribution in [0.3, 0.4) is 0 Å². The van der Waals surface area contributed by atoms with Crippen molar-refractivity contribution in [3.05, 3.63) is 95.6 Å². The molecule has 0 radical (unpaired) electrons. The molecule has 0 unspecified atom stereocenters. The summed E-state index contributed by atoms with van der Waals surface area (Å²) < 4.78 is 29.7. The van der Waals surface area contributed by atoms with Gasteiger partial charge >= 0.3 is 0 Å². The largest absolute Gasteiger partial charge is 0.283 e. The fraction of sp³-hybridized carbons (Fsp3) is 0.0952. The summed E-state index contributed by atoms with van der Waals surface area (Å²) in [6.07, 6.45) is 0. The Labute approximate surface area is 158 Å². The molecule has 3 aromatic carbocycles. The number of aryl methyl sites for hydroxylation is 2. The van der Waals surface area contributed by atoms with E-state index in [1.54, 1.807) is 24.3 Å². The van der Waals surface area contributed by atoms with E-state index >= 15 is 0 Å². The second-order valence-corrected chi connectivity index (χ2v) is 8.63. The van der Waals surface area contributed by atoms with E-state index in [0.29, 0.717) is 5.04 Å². The standard InChI is InChI=1S/C21H19NO2S2/c1-16-8-12-19(13-9-16)25-21(18-6-4-3-5-7-18)22-26(23,24)20-14-10-17(2)11-15-20/h3-15H,1-2H3. The normalized spacial score (nSPS) is 12.2. The highest BCUT2D eigenvalue weighted by atomic mass is 32.2. The van der Waals surface area contributed by atoms with Gasteiger partial charge in [-0.15, -0.1) is 0 Å². The van der Waals surface area contributed by atoms with E-state index in [4.69, 9.17) is 0 Å². The van der Waals surface area contributed by atoms with Crippen LogP contribution < -0.4 is 0 Å². The van der Waals surface area contributed by atoms with Crippen LogP contribution in [-0.4, -0.2) is 13.5 Å². The third-order valence-corrected chi connectivity index (χ3v) is 6.21. The van der Waals surface area contributed by atoms with Crippen molar-refractivity contribution in [3.8, 4) is 0 Å². The number of thioether (sulfide) groups is 1. The quantitative estimate of drug-likeness (QED) is 0.353. The zero-order chi connectivity index (χ0) is 18.6. The summed E-state index contributed by atoms with van der Waals surface area (Å²) in [5.74, 6) is 0. The van der Waals surface area contributed by atoms with Crippen LogP contribution in [0.4, 0.5) is 0 Å². The molecule has 0 aliphatic rings. The van der Waals surface area contributed by atoms with E-state index in [1.807, 2.05) is 68.4 Å². The Morgan fingerprint density at radius 3 is 1.88 bits per heavy atom. The van der Waals surface area contributed by atoms with E-state index in [-0.39, 0.29) is 4.90 Å². The van der Waals surface area contributed by atoms with Gasteiger partial charge in [0.15, 0.2) is 0 Å². The Morgan fingerprint density at radius 1 is 0.769 bits per heavy atom. The molecule has 132 valence electrons. The van der Waals surface area contributed by atoms with Crippen LogP contribution in [0, 0.1) is 13.8 Å². The van der Waals surface area contributed by atoms with Crippen molar-refractivity contribution in [2.45, 2.75) is 23.6 Å². The van der Waals surface area contributed by atoms with Crippen LogP contribution in [0.5, 0.6) is 0 Å². The van der Waals surface area contributed by atoms with E-state index in [0.717, 1.165) is 21.6 Å². The monoisotopic (exact) mass is 381 g/mol. The van der Waals surface area contributed by atoms with Crippen molar-refractivity contribution in [1.29, 1.82) is 0 Å². The number of sulfonamides is 1. The minimum atomic E-state index is -3.79. The molecule has 0 bridgehead atoms. The summed E-state index contributed by atoms with van der Waals surface area (Å²) >= 11 is 1.35. The molecule has 0 N–H and O–H groups in total. The van der Waals surface area contributed by atoms with Gasteiger partial charge in [0.25, 0.3) is 10.0 Å². The average molecular weight is 382 g/mol. The van der Waals surface area contributed by atoms with E-state index in [2.05, 4.69) is 4.40 Å². The van der Waals surface area contributed by atoms with Gasteiger partial charge in [0.1, 0.15) is 5.04 Å². The lowest BCUT2D eigenvalue weighted by Gasteiger charge is -2.08. The van der Waals surface area contributed by atoms with E-state index in [9.17, 15) is 8.42 Å². The molecule has 0 spiro atoms. The van der Waals surface area contributed by atoms with Crippen LogP contribution in [0.15, 0.2) is 93.1 Å². The Hall–Kier alpha value is -2.37. The maximum absolute atomic E-state index is 12.8. The summed E-state index contributed by atoms with van der Waals surface area (Å²) in [5, 5.41) is 0.454. The topological polar surface area (TPSA) is 46.5 Å². The summed E-state index contributed by atoms with van der Waals surface area (Å²) in [4.78, 5) is 1.14. The van der Waals surface area contributed by atoms with Crippen molar-refractivity contribution in [2.75, 3.05) is 0 Å². The summed E-state index contributed by atoms with van der Waals surface area (Å²) in [7, 11) is -3.79. The van der Waals surface area contributed by atoms with E-state index in [1.165, 1.54) is 11.8 Å². The molecule has 3 nitrogen and oxygen atoms in total. The van der Waals surface area contributed by atoms with Crippen molar-refractivity contribution in [1.82, 2.24) is 0 Å². The minimum absolute atomic E-state index is 0.195. The van der Waals surface area contributed by atoms with Gasteiger partial charge in [-0.1, -0.05) is 77.5 Å². The highest BCUT2D eigenvalue weighted by Gasteiger charge is 2.16. The number of hydrogen-bond donors (Lipinski definition) is 0. The van der Waals surface area contributed by atoms with Gasteiger partial charge in [0.05, 0.1) is 4.90 Å². The molecule has 0 fully saturated rings. The van der Waals surface area contributed by atoms with Crippen molar-refractivity contribution >= 4 is 26.8 Å². The van der Waals surface area contributed by atoms with Gasteiger partial charge in [-0.05, 0) is 38.1 Å². The highest BCUT2D eigenvalue weighted by Crippen LogP contribution is 2.26. The minimum Gasteiger partial charge on any atom is -0.199 e. The van der Waals surface area contributed by atoms with Gasteiger partial charge in [0, 0.05) is 10.5 Å². The van der Waals surface area contributed by atoms with Crippen LogP contribution >= 0.6 is 11.8 Å². The third-order valence-electron chi connectivity index (χ3n) is 3.78. The molecular weight excluding hydrogens is 362 g/mol. The second-order valence-electron chi connectivity index (χ2n) is 5.97. The molecule has 0 aliphatic carbocycles. The zero-order valence-electron chi connectivity index (χ0n) is 14.6. The fourth-order valence-electron chi connectivity index (χ4n) is 2.30. The molecule has 26 heavy (non-hydrogen) atoms. The lowest BCUT2D eigenvalue weighted by atomic mass is 10.2. The average Bonchev–Trinajstić information content (AvgIpc) is 2.64. The first-order valence-corrected chi connectivity index (χ1v) is 10.4. The van der Waals surface area contributed by atoms with Gasteiger partial charge in [-0.2, -0.15) is 12.8 Å². The predicted octanol–water partition coefficient (Wildman–Crippen LogP) is 5.23. The maximum atomic E-state index is 12.8. The highest BCUT2D eigenvalue weighted by molar-refractivity contribution is 8.15.